The van der Waals surface area contributed by atoms with Gasteiger partial charge in [-0.1, -0.05) is 52.0 Å². The Hall–Kier alpha value is -3.36. The van der Waals surface area contributed by atoms with E-state index in [0.717, 1.165) is 5.56 Å². The number of anilines is 1. The molecule has 3 aromatic carbocycles. The highest BCUT2D eigenvalue weighted by Crippen LogP contribution is 2.22. The first kappa shape index (κ1) is 18.4. The molecule has 27 heavy (non-hydrogen) atoms. The van der Waals surface area contributed by atoms with Gasteiger partial charge in [-0.15, -0.1) is 0 Å². The number of rotatable bonds is 3. The van der Waals surface area contributed by atoms with Crippen molar-refractivity contribution in [2.24, 2.45) is 0 Å². The van der Waals surface area contributed by atoms with E-state index in [1.807, 2.05) is 36.4 Å². The second-order valence-corrected chi connectivity index (χ2v) is 6.56. The maximum atomic E-state index is 12.5. The first-order chi connectivity index (χ1) is 13.0. The molecule has 0 saturated carbocycles. The molecule has 0 aliphatic rings. The van der Waals surface area contributed by atoms with Crippen LogP contribution in [0.2, 0.25) is 0 Å². The molecule has 5 heteroatoms. The highest BCUT2D eigenvalue weighted by molar-refractivity contribution is 9.10. The molecule has 0 radical (unpaired) electrons. The summed E-state index contributed by atoms with van der Waals surface area (Å²) < 4.78 is 0.621. The summed E-state index contributed by atoms with van der Waals surface area (Å²) in [5.41, 5.74) is 2.22. The van der Waals surface area contributed by atoms with Crippen LogP contribution in [0.5, 0.6) is 0 Å². The number of carboxylic acid groups (broad SMARTS) is 1. The van der Waals surface area contributed by atoms with E-state index in [9.17, 15) is 14.7 Å². The lowest BCUT2D eigenvalue weighted by Gasteiger charge is -2.09. The van der Waals surface area contributed by atoms with Gasteiger partial charge >= 0.3 is 5.97 Å². The third-order valence-electron chi connectivity index (χ3n) is 3.71. The average Bonchev–Trinajstić information content (AvgIpc) is 2.68. The molecular formula is C22H14BrNO3. The Morgan fingerprint density at radius 2 is 1.56 bits per heavy atom. The van der Waals surface area contributed by atoms with Gasteiger partial charge in [0.05, 0.1) is 11.3 Å². The molecule has 0 aliphatic carbocycles. The number of carbonyl (C=O) groups excluding carboxylic acids is 1. The van der Waals surface area contributed by atoms with Gasteiger partial charge < -0.3 is 10.4 Å². The van der Waals surface area contributed by atoms with E-state index in [4.69, 9.17) is 0 Å². The predicted octanol–water partition coefficient (Wildman–Crippen LogP) is 4.80. The molecule has 1 amide bonds. The molecular weight excluding hydrogens is 406 g/mol. The predicted molar refractivity (Wildman–Crippen MR) is 108 cm³/mol. The summed E-state index contributed by atoms with van der Waals surface area (Å²) in [4.78, 5) is 23.9. The Morgan fingerprint density at radius 1 is 0.852 bits per heavy atom. The average molecular weight is 420 g/mol. The molecule has 3 aromatic rings. The van der Waals surface area contributed by atoms with Crippen molar-refractivity contribution in [3.63, 3.8) is 0 Å². The van der Waals surface area contributed by atoms with Crippen molar-refractivity contribution >= 4 is 33.5 Å². The summed E-state index contributed by atoms with van der Waals surface area (Å²) in [5, 5.41) is 12.0. The molecule has 132 valence electrons. The largest absolute Gasteiger partial charge is 0.478 e. The molecule has 0 bridgehead atoms. The first-order valence-electron chi connectivity index (χ1n) is 8.04. The standard InChI is InChI=1S/C22H14BrNO3/c23-18-11-12-20(19(14-18)22(26)27)24-21(25)17-8-4-7-16(13-17)10-9-15-5-2-1-3-6-15/h1-8,11-14H,(H,24,25)(H,26,27). The zero-order chi connectivity index (χ0) is 19.2. The fourth-order valence-corrected chi connectivity index (χ4v) is 2.76. The zero-order valence-corrected chi connectivity index (χ0v) is 15.7. The van der Waals surface area contributed by atoms with Crippen LogP contribution in [-0.4, -0.2) is 17.0 Å². The van der Waals surface area contributed by atoms with Gasteiger partial charge in [0.2, 0.25) is 0 Å². The Balaban J connectivity index is 1.83. The molecule has 0 aromatic heterocycles. The lowest BCUT2D eigenvalue weighted by Crippen LogP contribution is -2.15. The maximum absolute atomic E-state index is 12.5. The first-order valence-corrected chi connectivity index (χ1v) is 8.83. The van der Waals surface area contributed by atoms with E-state index < -0.39 is 11.9 Å². The molecule has 0 saturated heterocycles. The second kappa shape index (κ2) is 8.35. The molecule has 0 spiro atoms. The summed E-state index contributed by atoms with van der Waals surface area (Å²) in [6.45, 7) is 0. The molecule has 3 rings (SSSR count). The third kappa shape index (κ3) is 4.84. The van der Waals surface area contributed by atoms with Crippen LogP contribution in [0.1, 0.15) is 31.8 Å². The Kier molecular flexibility index (Phi) is 5.70. The van der Waals surface area contributed by atoms with Crippen LogP contribution in [0.3, 0.4) is 0 Å². The van der Waals surface area contributed by atoms with Gasteiger partial charge in [-0.05, 0) is 48.5 Å². The van der Waals surface area contributed by atoms with Crippen molar-refractivity contribution in [2.45, 2.75) is 0 Å². The highest BCUT2D eigenvalue weighted by Gasteiger charge is 2.14. The SMILES string of the molecule is O=C(Nc1ccc(Br)cc1C(=O)O)c1cccc(C#Cc2ccccc2)c1. The van der Waals surface area contributed by atoms with Crippen LogP contribution < -0.4 is 5.32 Å². The van der Waals surface area contributed by atoms with E-state index in [0.29, 0.717) is 15.6 Å². The van der Waals surface area contributed by atoms with Crippen molar-refractivity contribution in [3.05, 3.63) is 99.5 Å². The molecule has 0 heterocycles. The van der Waals surface area contributed by atoms with Crippen molar-refractivity contribution in [1.82, 2.24) is 0 Å². The van der Waals surface area contributed by atoms with Gasteiger partial charge in [0.15, 0.2) is 0 Å². The minimum Gasteiger partial charge on any atom is -0.478 e. The summed E-state index contributed by atoms with van der Waals surface area (Å²) >= 11 is 3.23. The number of hydrogen-bond donors (Lipinski definition) is 2. The number of benzene rings is 3. The van der Waals surface area contributed by atoms with Gasteiger partial charge in [0.1, 0.15) is 0 Å². The van der Waals surface area contributed by atoms with Crippen LogP contribution in [0, 0.1) is 11.8 Å². The van der Waals surface area contributed by atoms with Crippen molar-refractivity contribution in [2.75, 3.05) is 5.32 Å². The van der Waals surface area contributed by atoms with E-state index in [2.05, 4.69) is 33.1 Å². The fourth-order valence-electron chi connectivity index (χ4n) is 2.40. The lowest BCUT2D eigenvalue weighted by molar-refractivity contribution is 0.0698. The van der Waals surface area contributed by atoms with Gasteiger partial charge in [-0.2, -0.15) is 0 Å². The zero-order valence-electron chi connectivity index (χ0n) is 14.1. The van der Waals surface area contributed by atoms with Gasteiger partial charge in [0.25, 0.3) is 5.91 Å². The van der Waals surface area contributed by atoms with E-state index in [1.54, 1.807) is 30.3 Å². The molecule has 2 N–H and O–H groups in total. The van der Waals surface area contributed by atoms with Gasteiger partial charge in [-0.3, -0.25) is 4.79 Å². The van der Waals surface area contributed by atoms with E-state index >= 15 is 0 Å². The topological polar surface area (TPSA) is 66.4 Å². The number of hydrogen-bond acceptors (Lipinski definition) is 2. The number of nitrogens with one attached hydrogen (secondary N) is 1. The summed E-state index contributed by atoms with van der Waals surface area (Å²) in [5.74, 6) is 4.55. The quantitative estimate of drug-likeness (QED) is 0.599. The van der Waals surface area contributed by atoms with Crippen LogP contribution in [0.15, 0.2) is 77.3 Å². The van der Waals surface area contributed by atoms with Crippen LogP contribution >= 0.6 is 15.9 Å². The number of aromatic carboxylic acids is 1. The monoisotopic (exact) mass is 419 g/mol. The third-order valence-corrected chi connectivity index (χ3v) is 4.20. The maximum Gasteiger partial charge on any atom is 0.337 e. The molecule has 0 aliphatic heterocycles. The highest BCUT2D eigenvalue weighted by atomic mass is 79.9. The van der Waals surface area contributed by atoms with Gasteiger partial charge in [0, 0.05) is 21.2 Å². The number of amides is 1. The van der Waals surface area contributed by atoms with Crippen LogP contribution in [0.25, 0.3) is 0 Å². The molecule has 0 fully saturated rings. The van der Waals surface area contributed by atoms with Crippen LogP contribution in [-0.2, 0) is 0 Å². The normalized spacial score (nSPS) is 9.81. The number of halogens is 1. The molecule has 0 atom stereocenters. The lowest BCUT2D eigenvalue weighted by atomic mass is 10.1. The van der Waals surface area contributed by atoms with E-state index in [-0.39, 0.29) is 11.3 Å². The minimum atomic E-state index is -1.12. The smallest absolute Gasteiger partial charge is 0.337 e. The van der Waals surface area contributed by atoms with Crippen LogP contribution in [0.4, 0.5) is 5.69 Å². The van der Waals surface area contributed by atoms with Gasteiger partial charge in [-0.25, -0.2) is 4.79 Å². The summed E-state index contributed by atoms with van der Waals surface area (Å²) in [6, 6.07) is 21.1. The Labute approximate surface area is 165 Å². The Morgan fingerprint density at radius 3 is 2.30 bits per heavy atom. The van der Waals surface area contributed by atoms with Crippen molar-refractivity contribution in [3.8, 4) is 11.8 Å². The van der Waals surface area contributed by atoms with E-state index in [1.165, 1.54) is 6.07 Å². The Bertz CT molecular complexity index is 1070. The summed E-state index contributed by atoms with van der Waals surface area (Å²) in [6.07, 6.45) is 0. The fraction of sp³-hybridized carbons (Fsp3) is 0. The number of carbonyl (C=O) groups is 2. The minimum absolute atomic E-state index is 0.0118. The van der Waals surface area contributed by atoms with Crippen molar-refractivity contribution in [1.29, 1.82) is 0 Å². The second-order valence-electron chi connectivity index (χ2n) is 5.65. The molecule has 0 unspecified atom stereocenters. The number of carboxylic acids is 1. The summed E-state index contributed by atoms with van der Waals surface area (Å²) in [7, 11) is 0. The van der Waals surface area contributed by atoms with Crippen molar-refractivity contribution < 1.29 is 14.7 Å². The molecule has 4 nitrogen and oxygen atoms in total.